The maximum absolute atomic E-state index is 9.33. The van der Waals surface area contributed by atoms with E-state index in [1.807, 2.05) is 22.3 Å². The van der Waals surface area contributed by atoms with Crippen LogP contribution in [-0.2, 0) is 10.3 Å². The fourth-order valence-corrected chi connectivity index (χ4v) is 4.61. The van der Waals surface area contributed by atoms with Crippen molar-refractivity contribution in [3.63, 3.8) is 0 Å². The Balaban J connectivity index is 1.59. The molecule has 1 aliphatic rings. The number of hydrogen-bond acceptors (Lipinski definition) is 6. The highest BCUT2D eigenvalue weighted by Crippen LogP contribution is 2.44. The number of rotatable bonds is 7. The van der Waals surface area contributed by atoms with Crippen molar-refractivity contribution in [2.75, 3.05) is 6.61 Å². The summed E-state index contributed by atoms with van der Waals surface area (Å²) in [5.74, 6) is 0. The number of nitriles is 1. The zero-order valence-corrected chi connectivity index (χ0v) is 16.6. The van der Waals surface area contributed by atoms with Crippen LogP contribution in [0.1, 0.15) is 39.0 Å². The topological polar surface area (TPSA) is 76.6 Å². The van der Waals surface area contributed by atoms with Crippen molar-refractivity contribution in [3.8, 4) is 17.3 Å². The van der Waals surface area contributed by atoms with Crippen molar-refractivity contribution in [2.24, 2.45) is 0 Å². The number of hydrogen-bond donors (Lipinski definition) is 0. The Morgan fingerprint density at radius 1 is 1.44 bits per heavy atom. The number of halogens is 1. The molecule has 6 nitrogen and oxygen atoms in total. The fourth-order valence-electron chi connectivity index (χ4n) is 3.59. The van der Waals surface area contributed by atoms with Crippen LogP contribution in [0.2, 0.25) is 5.28 Å². The first-order chi connectivity index (χ1) is 13.1. The second-order valence-electron chi connectivity index (χ2n) is 6.96. The first-order valence-corrected chi connectivity index (χ1v) is 10.4. The SMILES string of the molecule is CCCCOC1CC(CC#N)(n2cc(-c3nc(Cl)nc4ccsc34)cn2)C1. The van der Waals surface area contributed by atoms with Crippen molar-refractivity contribution in [1.82, 2.24) is 19.7 Å². The number of fused-ring (bicyclic) bond motifs is 1. The Morgan fingerprint density at radius 2 is 2.30 bits per heavy atom. The first-order valence-electron chi connectivity index (χ1n) is 9.10. The predicted molar refractivity (Wildman–Crippen MR) is 106 cm³/mol. The van der Waals surface area contributed by atoms with E-state index >= 15 is 0 Å². The minimum absolute atomic E-state index is 0.204. The molecule has 1 fully saturated rings. The van der Waals surface area contributed by atoms with Crippen LogP contribution in [-0.4, -0.2) is 32.5 Å². The van der Waals surface area contributed by atoms with Crippen LogP contribution in [0.15, 0.2) is 23.8 Å². The Hall–Kier alpha value is -2.01. The van der Waals surface area contributed by atoms with E-state index < -0.39 is 0 Å². The van der Waals surface area contributed by atoms with Gasteiger partial charge < -0.3 is 4.74 Å². The van der Waals surface area contributed by atoms with Gasteiger partial charge in [0, 0.05) is 18.4 Å². The molecule has 1 aliphatic carbocycles. The molecule has 140 valence electrons. The minimum Gasteiger partial charge on any atom is -0.378 e. The monoisotopic (exact) mass is 401 g/mol. The molecule has 4 rings (SSSR count). The van der Waals surface area contributed by atoms with E-state index in [1.54, 1.807) is 17.5 Å². The smallest absolute Gasteiger partial charge is 0.223 e. The minimum atomic E-state index is -0.296. The molecule has 0 spiro atoms. The quantitative estimate of drug-likeness (QED) is 0.420. The summed E-state index contributed by atoms with van der Waals surface area (Å²) in [5.41, 5.74) is 2.21. The van der Waals surface area contributed by atoms with Crippen molar-refractivity contribution in [3.05, 3.63) is 29.1 Å². The van der Waals surface area contributed by atoms with Gasteiger partial charge in [0.15, 0.2) is 0 Å². The van der Waals surface area contributed by atoms with Gasteiger partial charge in [-0.05, 0) is 42.3 Å². The van der Waals surface area contributed by atoms with Gasteiger partial charge in [-0.2, -0.15) is 10.4 Å². The second kappa shape index (κ2) is 7.55. The van der Waals surface area contributed by atoms with E-state index in [4.69, 9.17) is 16.3 Å². The van der Waals surface area contributed by atoms with E-state index in [0.29, 0.717) is 6.42 Å². The fraction of sp³-hybridized carbons (Fsp3) is 0.474. The van der Waals surface area contributed by atoms with Crippen molar-refractivity contribution in [2.45, 2.75) is 50.7 Å². The average molecular weight is 402 g/mol. The molecule has 3 heterocycles. The second-order valence-corrected chi connectivity index (χ2v) is 8.22. The standard InChI is InChI=1S/C19H20ClN5OS/c1-2-3-7-26-14-9-19(10-14,5-6-21)25-12-13(11-22-25)16-17-15(4-8-27-17)23-18(20)24-16/h4,8,11-12,14H,2-3,5,7,9-10H2,1H3. The summed E-state index contributed by atoms with van der Waals surface area (Å²) in [4.78, 5) is 8.67. The molecule has 0 saturated heterocycles. The molecular weight excluding hydrogens is 382 g/mol. The molecule has 0 radical (unpaired) electrons. The van der Waals surface area contributed by atoms with Crippen LogP contribution in [0.3, 0.4) is 0 Å². The van der Waals surface area contributed by atoms with Gasteiger partial charge in [0.1, 0.15) is 0 Å². The summed E-state index contributed by atoms with van der Waals surface area (Å²) in [6.07, 6.45) is 8.20. The van der Waals surface area contributed by atoms with Gasteiger partial charge in [-0.3, -0.25) is 4.68 Å². The lowest BCUT2D eigenvalue weighted by Gasteiger charge is -2.46. The molecule has 3 aromatic heterocycles. The molecule has 0 aliphatic heterocycles. The largest absolute Gasteiger partial charge is 0.378 e. The average Bonchev–Trinajstić information content (AvgIpc) is 3.28. The number of unbranched alkanes of at least 4 members (excludes halogenated alkanes) is 1. The lowest BCUT2D eigenvalue weighted by atomic mass is 9.72. The summed E-state index contributed by atoms with van der Waals surface area (Å²) in [7, 11) is 0. The highest BCUT2D eigenvalue weighted by atomic mass is 35.5. The van der Waals surface area contributed by atoms with E-state index in [0.717, 1.165) is 53.8 Å². The summed E-state index contributed by atoms with van der Waals surface area (Å²) in [6.45, 7) is 2.93. The lowest BCUT2D eigenvalue weighted by molar-refractivity contribution is -0.0768. The number of aromatic nitrogens is 4. The van der Waals surface area contributed by atoms with Crippen molar-refractivity contribution < 1.29 is 4.74 Å². The first kappa shape index (κ1) is 18.4. The zero-order valence-electron chi connectivity index (χ0n) is 15.1. The van der Waals surface area contributed by atoms with Crippen LogP contribution in [0, 0.1) is 11.3 Å². The Bertz CT molecular complexity index is 986. The molecule has 0 atom stereocenters. The molecule has 0 amide bonds. The number of nitrogens with zero attached hydrogens (tertiary/aromatic N) is 5. The van der Waals surface area contributed by atoms with Crippen LogP contribution in [0.4, 0.5) is 0 Å². The molecular formula is C19H20ClN5OS. The van der Waals surface area contributed by atoms with Crippen molar-refractivity contribution in [1.29, 1.82) is 5.26 Å². The predicted octanol–water partition coefficient (Wildman–Crippen LogP) is 4.80. The van der Waals surface area contributed by atoms with Gasteiger partial charge in [-0.25, -0.2) is 9.97 Å². The summed E-state index contributed by atoms with van der Waals surface area (Å²) in [6, 6.07) is 4.25. The summed E-state index contributed by atoms with van der Waals surface area (Å²) >= 11 is 7.67. The molecule has 27 heavy (non-hydrogen) atoms. The van der Waals surface area contributed by atoms with Crippen LogP contribution in [0.25, 0.3) is 21.5 Å². The summed E-state index contributed by atoms with van der Waals surface area (Å²) < 4.78 is 8.81. The Labute approximate surface area is 166 Å². The zero-order chi connectivity index (χ0) is 18.9. The third kappa shape index (κ3) is 3.45. The van der Waals surface area contributed by atoms with Crippen LogP contribution < -0.4 is 0 Å². The van der Waals surface area contributed by atoms with E-state index in [9.17, 15) is 5.26 Å². The summed E-state index contributed by atoms with van der Waals surface area (Å²) in [5, 5.41) is 16.1. The molecule has 0 bridgehead atoms. The third-order valence-electron chi connectivity index (χ3n) is 5.09. The van der Waals surface area contributed by atoms with E-state index in [-0.39, 0.29) is 16.9 Å². The lowest BCUT2D eigenvalue weighted by Crippen LogP contribution is -2.50. The third-order valence-corrected chi connectivity index (χ3v) is 6.17. The maximum atomic E-state index is 9.33. The van der Waals surface area contributed by atoms with Gasteiger partial charge in [0.05, 0.1) is 46.2 Å². The van der Waals surface area contributed by atoms with Crippen LogP contribution >= 0.6 is 22.9 Å². The molecule has 3 aromatic rings. The van der Waals surface area contributed by atoms with Gasteiger partial charge in [-0.15, -0.1) is 11.3 Å². The molecule has 0 unspecified atom stereocenters. The highest BCUT2D eigenvalue weighted by molar-refractivity contribution is 7.17. The normalized spacial score (nSPS) is 21.9. The van der Waals surface area contributed by atoms with Crippen molar-refractivity contribution >= 4 is 33.2 Å². The van der Waals surface area contributed by atoms with Gasteiger partial charge in [-0.1, -0.05) is 13.3 Å². The highest BCUT2D eigenvalue weighted by Gasteiger charge is 2.47. The molecule has 8 heteroatoms. The number of ether oxygens (including phenoxy) is 1. The molecule has 1 saturated carbocycles. The van der Waals surface area contributed by atoms with Gasteiger partial charge >= 0.3 is 0 Å². The van der Waals surface area contributed by atoms with E-state index in [2.05, 4.69) is 28.1 Å². The molecule has 0 N–H and O–H groups in total. The van der Waals surface area contributed by atoms with E-state index in [1.165, 1.54) is 0 Å². The molecule has 0 aromatic carbocycles. The Morgan fingerprint density at radius 3 is 3.07 bits per heavy atom. The maximum Gasteiger partial charge on any atom is 0.223 e. The van der Waals surface area contributed by atoms with Crippen LogP contribution in [0.5, 0.6) is 0 Å². The number of thiophene rings is 1. The van der Waals surface area contributed by atoms with Gasteiger partial charge in [0.25, 0.3) is 0 Å². The Kier molecular flexibility index (Phi) is 5.13. The van der Waals surface area contributed by atoms with Gasteiger partial charge in [0.2, 0.25) is 5.28 Å².